The fourth-order valence-electron chi connectivity index (χ4n) is 3.37. The fourth-order valence-corrected chi connectivity index (χ4v) is 5.27. The van der Waals surface area contributed by atoms with Gasteiger partial charge in [-0.3, -0.25) is 4.79 Å². The quantitative estimate of drug-likeness (QED) is 0.715. The molecule has 1 aliphatic carbocycles. The number of benzene rings is 1. The van der Waals surface area contributed by atoms with Crippen molar-refractivity contribution < 1.29 is 17.7 Å². The Morgan fingerprint density at radius 1 is 1.29 bits per heavy atom. The van der Waals surface area contributed by atoms with E-state index in [1.54, 1.807) is 24.3 Å². The monoisotopic (exact) mass is 405 g/mol. The van der Waals surface area contributed by atoms with Gasteiger partial charge in [0.25, 0.3) is 0 Å². The van der Waals surface area contributed by atoms with E-state index >= 15 is 0 Å². The Hall–Kier alpha value is -2.22. The highest BCUT2D eigenvalue weighted by molar-refractivity contribution is 7.92. The molecule has 3 rings (SSSR count). The molecular formula is C20H27N3O4S. The molecule has 0 unspecified atom stereocenters. The first-order valence-corrected chi connectivity index (χ1v) is 11.4. The summed E-state index contributed by atoms with van der Waals surface area (Å²) in [4.78, 5) is 16.8. The SMILES string of the molecule is CC(C)c1noc(CCCC(=O)Nc2cccc(S(=O)(=O)C3CCCC3)c2)n1. The molecule has 8 heteroatoms. The van der Waals surface area contributed by atoms with Crippen LogP contribution in [0, 0.1) is 0 Å². The molecule has 1 saturated carbocycles. The molecule has 1 N–H and O–H groups in total. The molecule has 0 aliphatic heterocycles. The predicted molar refractivity (Wildman–Crippen MR) is 106 cm³/mol. The Morgan fingerprint density at radius 2 is 2.04 bits per heavy atom. The first-order chi connectivity index (χ1) is 13.4. The smallest absolute Gasteiger partial charge is 0.226 e. The molecule has 2 aromatic rings. The molecule has 0 spiro atoms. The van der Waals surface area contributed by atoms with Crippen LogP contribution in [-0.2, 0) is 21.1 Å². The summed E-state index contributed by atoms with van der Waals surface area (Å²) in [5, 5.41) is 6.39. The molecule has 1 aliphatic rings. The average molecular weight is 406 g/mol. The van der Waals surface area contributed by atoms with Gasteiger partial charge in [0.15, 0.2) is 15.7 Å². The van der Waals surface area contributed by atoms with E-state index in [4.69, 9.17) is 4.52 Å². The molecule has 0 saturated heterocycles. The number of nitrogens with zero attached hydrogens (tertiary/aromatic N) is 2. The van der Waals surface area contributed by atoms with E-state index in [1.807, 2.05) is 13.8 Å². The van der Waals surface area contributed by atoms with Crippen LogP contribution in [0.2, 0.25) is 0 Å². The van der Waals surface area contributed by atoms with Crippen molar-refractivity contribution in [3.63, 3.8) is 0 Å². The zero-order valence-electron chi connectivity index (χ0n) is 16.3. The van der Waals surface area contributed by atoms with E-state index in [0.717, 1.165) is 12.8 Å². The van der Waals surface area contributed by atoms with Crippen LogP contribution in [-0.4, -0.2) is 29.7 Å². The van der Waals surface area contributed by atoms with Crippen LogP contribution in [0.25, 0.3) is 0 Å². The highest BCUT2D eigenvalue weighted by Crippen LogP contribution is 2.30. The van der Waals surface area contributed by atoms with Gasteiger partial charge in [0.05, 0.1) is 10.1 Å². The Kier molecular flexibility index (Phi) is 6.49. The van der Waals surface area contributed by atoms with E-state index in [2.05, 4.69) is 15.5 Å². The van der Waals surface area contributed by atoms with Gasteiger partial charge in [-0.05, 0) is 37.5 Å². The number of carbonyl (C=O) groups is 1. The van der Waals surface area contributed by atoms with Gasteiger partial charge in [-0.15, -0.1) is 0 Å². The minimum Gasteiger partial charge on any atom is -0.339 e. The van der Waals surface area contributed by atoms with Crippen molar-refractivity contribution in [3.8, 4) is 0 Å². The normalized spacial score (nSPS) is 15.2. The van der Waals surface area contributed by atoms with Crippen molar-refractivity contribution in [2.75, 3.05) is 5.32 Å². The largest absolute Gasteiger partial charge is 0.339 e. The standard InChI is InChI=1S/C20H27N3O4S/c1-14(2)20-22-19(27-23-20)12-6-11-18(24)21-15-7-5-10-17(13-15)28(25,26)16-8-3-4-9-16/h5,7,10,13-14,16H,3-4,6,8-9,11-12H2,1-2H3,(H,21,24). The topological polar surface area (TPSA) is 102 Å². The van der Waals surface area contributed by atoms with Crippen molar-refractivity contribution in [3.05, 3.63) is 36.0 Å². The highest BCUT2D eigenvalue weighted by atomic mass is 32.2. The fraction of sp³-hybridized carbons (Fsp3) is 0.550. The summed E-state index contributed by atoms with van der Waals surface area (Å²) < 4.78 is 30.6. The number of hydrogen-bond donors (Lipinski definition) is 1. The van der Waals surface area contributed by atoms with E-state index in [9.17, 15) is 13.2 Å². The van der Waals surface area contributed by atoms with E-state index in [-0.39, 0.29) is 22.0 Å². The highest BCUT2D eigenvalue weighted by Gasteiger charge is 2.30. The van der Waals surface area contributed by atoms with Gasteiger partial charge in [-0.25, -0.2) is 8.42 Å². The number of aromatic nitrogens is 2. The second-order valence-corrected chi connectivity index (χ2v) is 9.81. The molecule has 1 amide bonds. The lowest BCUT2D eigenvalue weighted by Crippen LogP contribution is -2.18. The molecule has 28 heavy (non-hydrogen) atoms. The second kappa shape index (κ2) is 8.86. The third kappa shape index (κ3) is 4.98. The lowest BCUT2D eigenvalue weighted by atomic mass is 10.2. The Labute approximate surface area is 165 Å². The predicted octanol–water partition coefficient (Wildman–Crippen LogP) is 3.87. The number of aryl methyl sites for hydroxylation is 1. The number of sulfone groups is 1. The van der Waals surface area contributed by atoms with Crippen molar-refractivity contribution in [1.29, 1.82) is 0 Å². The number of carbonyl (C=O) groups excluding carboxylic acids is 1. The van der Waals surface area contributed by atoms with Crippen molar-refractivity contribution >= 4 is 21.4 Å². The van der Waals surface area contributed by atoms with Gasteiger partial charge >= 0.3 is 0 Å². The van der Waals surface area contributed by atoms with Crippen LogP contribution in [0.3, 0.4) is 0 Å². The minimum atomic E-state index is -3.33. The second-order valence-electron chi connectivity index (χ2n) is 7.58. The van der Waals surface area contributed by atoms with Crippen LogP contribution in [0.5, 0.6) is 0 Å². The average Bonchev–Trinajstić information content (AvgIpc) is 3.34. The first-order valence-electron chi connectivity index (χ1n) is 9.82. The molecule has 0 atom stereocenters. The lowest BCUT2D eigenvalue weighted by Gasteiger charge is -2.12. The Balaban J connectivity index is 1.54. The van der Waals surface area contributed by atoms with Crippen LogP contribution in [0.15, 0.2) is 33.7 Å². The Bertz CT molecular complexity index is 915. The molecule has 152 valence electrons. The van der Waals surface area contributed by atoms with Gasteiger partial charge in [0.1, 0.15) is 0 Å². The summed E-state index contributed by atoms with van der Waals surface area (Å²) in [5.41, 5.74) is 0.504. The summed E-state index contributed by atoms with van der Waals surface area (Å²) >= 11 is 0. The van der Waals surface area contributed by atoms with Gasteiger partial charge in [0, 0.05) is 24.4 Å². The van der Waals surface area contributed by atoms with Crippen molar-refractivity contribution in [2.45, 2.75) is 74.9 Å². The molecule has 0 radical (unpaired) electrons. The van der Waals surface area contributed by atoms with E-state index < -0.39 is 9.84 Å². The van der Waals surface area contributed by atoms with Gasteiger partial charge < -0.3 is 9.84 Å². The van der Waals surface area contributed by atoms with Crippen LogP contribution >= 0.6 is 0 Å². The summed E-state index contributed by atoms with van der Waals surface area (Å²) in [5.74, 6) is 1.23. The maximum atomic E-state index is 12.7. The summed E-state index contributed by atoms with van der Waals surface area (Å²) in [6.45, 7) is 3.98. The summed E-state index contributed by atoms with van der Waals surface area (Å²) in [6, 6.07) is 6.53. The van der Waals surface area contributed by atoms with E-state index in [0.29, 0.717) is 49.5 Å². The molecule has 1 aromatic heterocycles. The molecule has 1 fully saturated rings. The third-order valence-corrected chi connectivity index (χ3v) is 7.24. The molecule has 7 nitrogen and oxygen atoms in total. The van der Waals surface area contributed by atoms with E-state index in [1.165, 1.54) is 0 Å². The van der Waals surface area contributed by atoms with Gasteiger partial charge in [0.2, 0.25) is 11.8 Å². The minimum absolute atomic E-state index is 0.168. The maximum Gasteiger partial charge on any atom is 0.226 e. The molecule has 1 heterocycles. The maximum absolute atomic E-state index is 12.7. The van der Waals surface area contributed by atoms with Crippen LogP contribution < -0.4 is 5.32 Å². The number of amides is 1. The van der Waals surface area contributed by atoms with Crippen molar-refractivity contribution in [1.82, 2.24) is 10.1 Å². The van der Waals surface area contributed by atoms with Crippen LogP contribution in [0.1, 0.15) is 70.0 Å². The lowest BCUT2D eigenvalue weighted by molar-refractivity contribution is -0.116. The number of rotatable bonds is 8. The zero-order chi connectivity index (χ0) is 20.1. The first kappa shape index (κ1) is 20.5. The molecular weight excluding hydrogens is 378 g/mol. The van der Waals surface area contributed by atoms with Crippen LogP contribution in [0.4, 0.5) is 5.69 Å². The number of anilines is 1. The molecule has 1 aromatic carbocycles. The number of nitrogens with one attached hydrogen (secondary N) is 1. The molecule has 0 bridgehead atoms. The van der Waals surface area contributed by atoms with Gasteiger partial charge in [-0.2, -0.15) is 4.98 Å². The third-order valence-electron chi connectivity index (χ3n) is 4.98. The number of hydrogen-bond acceptors (Lipinski definition) is 6. The summed E-state index contributed by atoms with van der Waals surface area (Å²) in [6.07, 6.45) is 4.74. The van der Waals surface area contributed by atoms with Gasteiger partial charge in [-0.1, -0.05) is 37.9 Å². The summed E-state index contributed by atoms with van der Waals surface area (Å²) in [7, 11) is -3.33. The zero-order valence-corrected chi connectivity index (χ0v) is 17.2. The van der Waals surface area contributed by atoms with Crippen molar-refractivity contribution in [2.24, 2.45) is 0 Å². The Morgan fingerprint density at radius 3 is 2.71 bits per heavy atom.